The second kappa shape index (κ2) is 8.29. The van der Waals surface area contributed by atoms with Crippen molar-refractivity contribution in [2.75, 3.05) is 19.7 Å². The number of amides is 1. The minimum Gasteiger partial charge on any atom is -0.478 e. The Morgan fingerprint density at radius 2 is 1.68 bits per heavy atom. The molecule has 0 aromatic carbocycles. The van der Waals surface area contributed by atoms with Gasteiger partial charge in [-0.3, -0.25) is 9.59 Å². The third kappa shape index (κ3) is 5.54. The van der Waals surface area contributed by atoms with E-state index in [9.17, 15) is 14.4 Å². The predicted octanol–water partition coefficient (Wildman–Crippen LogP) is 1.21. The van der Waals surface area contributed by atoms with Gasteiger partial charge in [-0.2, -0.15) is 0 Å². The molecule has 0 unspecified atom stereocenters. The summed E-state index contributed by atoms with van der Waals surface area (Å²) in [5.41, 5.74) is 0.111. The number of aliphatic carboxylic acids is 1. The summed E-state index contributed by atoms with van der Waals surface area (Å²) in [6.45, 7) is 6.82. The number of ether oxygens (including phenoxy) is 1. The van der Waals surface area contributed by atoms with E-state index in [1.807, 2.05) is 6.92 Å². The molecule has 19 heavy (non-hydrogen) atoms. The number of carbonyl (C=O) groups is 3. The smallest absolute Gasteiger partial charge is 0.331 e. The highest BCUT2D eigenvalue weighted by molar-refractivity contribution is 6.02. The molecule has 1 amide bonds. The number of carboxylic acid groups (broad SMARTS) is 1. The van der Waals surface area contributed by atoms with Crippen molar-refractivity contribution in [3.63, 3.8) is 0 Å². The van der Waals surface area contributed by atoms with Crippen molar-refractivity contribution < 1.29 is 24.2 Å². The van der Waals surface area contributed by atoms with Gasteiger partial charge in [0.2, 0.25) is 0 Å². The van der Waals surface area contributed by atoms with E-state index < -0.39 is 17.8 Å². The van der Waals surface area contributed by atoms with Crippen molar-refractivity contribution in [3.05, 3.63) is 11.1 Å². The van der Waals surface area contributed by atoms with E-state index >= 15 is 0 Å². The molecule has 0 radical (unpaired) electrons. The Labute approximate surface area is 113 Å². The molecule has 0 aliphatic heterocycles. The summed E-state index contributed by atoms with van der Waals surface area (Å²) in [4.78, 5) is 35.7. The van der Waals surface area contributed by atoms with Crippen LogP contribution in [0.25, 0.3) is 0 Å². The van der Waals surface area contributed by atoms with Crippen molar-refractivity contribution in [3.8, 4) is 0 Å². The molecular weight excluding hydrogens is 250 g/mol. The highest BCUT2D eigenvalue weighted by Gasteiger charge is 2.21. The van der Waals surface area contributed by atoms with Gasteiger partial charge in [-0.1, -0.05) is 6.92 Å². The molecule has 0 aromatic heterocycles. The molecule has 0 bridgehead atoms. The molecule has 1 N–H and O–H groups in total. The molecule has 0 saturated carbocycles. The fourth-order valence-electron chi connectivity index (χ4n) is 1.44. The fourth-order valence-corrected chi connectivity index (χ4v) is 1.44. The monoisotopic (exact) mass is 271 g/mol. The van der Waals surface area contributed by atoms with E-state index in [4.69, 9.17) is 9.84 Å². The van der Waals surface area contributed by atoms with E-state index in [-0.39, 0.29) is 24.3 Å². The normalized spacial score (nSPS) is 11.6. The van der Waals surface area contributed by atoms with Crippen LogP contribution in [0.1, 0.15) is 34.1 Å². The molecule has 0 aromatic rings. The highest BCUT2D eigenvalue weighted by atomic mass is 16.5. The maximum absolute atomic E-state index is 12.1. The molecule has 0 fully saturated rings. The summed E-state index contributed by atoms with van der Waals surface area (Å²) in [5.74, 6) is -2.08. The van der Waals surface area contributed by atoms with Crippen molar-refractivity contribution in [2.24, 2.45) is 0 Å². The summed E-state index contributed by atoms with van der Waals surface area (Å²) >= 11 is 0. The first-order valence-electron chi connectivity index (χ1n) is 6.20. The van der Waals surface area contributed by atoms with Crippen LogP contribution >= 0.6 is 0 Å². The van der Waals surface area contributed by atoms with Gasteiger partial charge < -0.3 is 14.7 Å². The Bertz CT molecular complexity index is 386. The molecule has 108 valence electrons. The number of hydrogen-bond acceptors (Lipinski definition) is 4. The quantitative estimate of drug-likeness (QED) is 0.555. The second-order valence-electron chi connectivity index (χ2n) is 4.09. The predicted molar refractivity (Wildman–Crippen MR) is 69.5 cm³/mol. The van der Waals surface area contributed by atoms with Crippen LogP contribution in [-0.2, 0) is 19.1 Å². The largest absolute Gasteiger partial charge is 0.478 e. The van der Waals surface area contributed by atoms with Crippen molar-refractivity contribution >= 4 is 17.8 Å². The highest BCUT2D eigenvalue weighted by Crippen LogP contribution is 2.09. The molecular formula is C13H21NO5. The number of esters is 1. The number of carbonyl (C=O) groups excluding carboxylic acids is 2. The molecule has 0 aliphatic rings. The lowest BCUT2D eigenvalue weighted by Crippen LogP contribution is -2.38. The van der Waals surface area contributed by atoms with E-state index in [1.165, 1.54) is 18.7 Å². The SMILES string of the molecule is CCCN(CC(=O)OCC)C(=O)C(C)=C(C)C(=O)O. The number of rotatable bonds is 7. The molecule has 6 nitrogen and oxygen atoms in total. The van der Waals surface area contributed by atoms with E-state index in [0.29, 0.717) is 13.0 Å². The van der Waals surface area contributed by atoms with E-state index in [1.54, 1.807) is 6.92 Å². The van der Waals surface area contributed by atoms with Gasteiger partial charge in [0.15, 0.2) is 0 Å². The molecule has 0 saturated heterocycles. The maximum atomic E-state index is 12.1. The summed E-state index contributed by atoms with van der Waals surface area (Å²) in [6.07, 6.45) is 0.671. The fraction of sp³-hybridized carbons (Fsp3) is 0.615. The van der Waals surface area contributed by atoms with Gasteiger partial charge in [-0.15, -0.1) is 0 Å². The molecule has 6 heteroatoms. The first kappa shape index (κ1) is 17.2. The van der Waals surface area contributed by atoms with Crippen molar-refractivity contribution in [2.45, 2.75) is 34.1 Å². The Balaban J connectivity index is 4.98. The zero-order valence-electron chi connectivity index (χ0n) is 11.9. The number of hydrogen-bond donors (Lipinski definition) is 1. The molecule has 0 heterocycles. The first-order chi connectivity index (χ1) is 8.84. The maximum Gasteiger partial charge on any atom is 0.331 e. The molecule has 0 spiro atoms. The van der Waals surface area contributed by atoms with Gasteiger partial charge in [-0.05, 0) is 27.2 Å². The molecule has 0 atom stereocenters. The van der Waals surface area contributed by atoms with E-state index in [0.717, 1.165) is 0 Å². The Morgan fingerprint density at radius 1 is 1.11 bits per heavy atom. The van der Waals surface area contributed by atoms with Gasteiger partial charge >= 0.3 is 11.9 Å². The van der Waals surface area contributed by atoms with Crippen LogP contribution in [0.3, 0.4) is 0 Å². The van der Waals surface area contributed by atoms with Crippen LogP contribution in [0.4, 0.5) is 0 Å². The van der Waals surface area contributed by atoms with Crippen molar-refractivity contribution in [1.29, 1.82) is 0 Å². The van der Waals surface area contributed by atoms with Crippen LogP contribution in [0, 0.1) is 0 Å². The molecule has 0 aliphatic carbocycles. The zero-order valence-corrected chi connectivity index (χ0v) is 11.9. The number of nitrogens with zero attached hydrogens (tertiary/aromatic N) is 1. The minimum absolute atomic E-state index is 0.0186. The lowest BCUT2D eigenvalue weighted by Gasteiger charge is -2.21. The van der Waals surface area contributed by atoms with Crippen molar-refractivity contribution in [1.82, 2.24) is 4.90 Å². The number of carboxylic acids is 1. The minimum atomic E-state index is -1.14. The van der Waals surface area contributed by atoms with Gasteiger partial charge in [0.25, 0.3) is 5.91 Å². The van der Waals surface area contributed by atoms with Gasteiger partial charge in [0.05, 0.1) is 6.61 Å². The molecule has 0 rings (SSSR count). The van der Waals surface area contributed by atoms with Gasteiger partial charge in [0, 0.05) is 17.7 Å². The third-order valence-electron chi connectivity index (χ3n) is 2.61. The zero-order chi connectivity index (χ0) is 15.0. The summed E-state index contributed by atoms with van der Waals surface area (Å²) in [6, 6.07) is 0. The van der Waals surface area contributed by atoms with Crippen LogP contribution in [-0.4, -0.2) is 47.5 Å². The standard InChI is InChI=1S/C13H21NO5/c1-5-7-14(8-11(15)19-6-2)12(16)9(3)10(4)13(17)18/h5-8H2,1-4H3,(H,17,18). The average Bonchev–Trinajstić information content (AvgIpc) is 2.35. The topological polar surface area (TPSA) is 83.9 Å². The first-order valence-corrected chi connectivity index (χ1v) is 6.20. The second-order valence-corrected chi connectivity index (χ2v) is 4.09. The summed E-state index contributed by atoms with van der Waals surface area (Å²) in [5, 5.41) is 8.86. The van der Waals surface area contributed by atoms with Crippen LogP contribution in [0.2, 0.25) is 0 Å². The van der Waals surface area contributed by atoms with Gasteiger partial charge in [0.1, 0.15) is 6.54 Å². The third-order valence-corrected chi connectivity index (χ3v) is 2.61. The Kier molecular flexibility index (Phi) is 7.48. The lowest BCUT2D eigenvalue weighted by atomic mass is 10.1. The Morgan fingerprint density at radius 3 is 2.11 bits per heavy atom. The lowest BCUT2D eigenvalue weighted by molar-refractivity contribution is -0.147. The van der Waals surface area contributed by atoms with E-state index in [2.05, 4.69) is 0 Å². The van der Waals surface area contributed by atoms with Gasteiger partial charge in [-0.25, -0.2) is 4.79 Å². The average molecular weight is 271 g/mol. The Hall–Kier alpha value is -1.85. The van der Waals surface area contributed by atoms with Crippen LogP contribution in [0.15, 0.2) is 11.1 Å². The van der Waals surface area contributed by atoms with Crippen LogP contribution in [0.5, 0.6) is 0 Å². The van der Waals surface area contributed by atoms with Crippen LogP contribution < -0.4 is 0 Å². The summed E-state index contributed by atoms with van der Waals surface area (Å²) in [7, 11) is 0. The summed E-state index contributed by atoms with van der Waals surface area (Å²) < 4.78 is 4.79.